The normalized spacial score (nSPS) is 21.8. The fraction of sp³-hybridized carbons (Fsp3) is 1.00. The van der Waals surface area contributed by atoms with Crippen molar-refractivity contribution >= 4 is 51.3 Å². The van der Waals surface area contributed by atoms with Gasteiger partial charge in [-0.2, -0.15) is 10.7 Å². The lowest BCUT2D eigenvalue weighted by Crippen LogP contribution is -2.67. The summed E-state index contributed by atoms with van der Waals surface area (Å²) in [6.45, 7) is 23.7. The molecule has 240 valence electrons. The molecule has 1 heterocycles. The molecule has 0 N–H and O–H groups in total. The van der Waals surface area contributed by atoms with Crippen molar-refractivity contribution in [2.24, 2.45) is 0 Å². The Bertz CT molecular complexity index is 494. The molecule has 0 amide bonds. The molecule has 0 aliphatic carbocycles. The summed E-state index contributed by atoms with van der Waals surface area (Å²) in [6.07, 6.45) is 11.7. The van der Waals surface area contributed by atoms with Crippen LogP contribution >= 0.6 is 10.7 Å². The Labute approximate surface area is 260 Å². The summed E-state index contributed by atoms with van der Waals surface area (Å²) in [6, 6.07) is 11.7. The van der Waals surface area contributed by atoms with Crippen molar-refractivity contribution in [1.82, 2.24) is 0 Å². The van der Waals surface area contributed by atoms with Gasteiger partial charge in [0.15, 0.2) is 0 Å². The average molecular weight is 667 g/mol. The van der Waals surface area contributed by atoms with Crippen molar-refractivity contribution in [2.45, 2.75) is 194 Å². The molecule has 0 atom stereocenters. The monoisotopic (exact) mass is 666 g/mol. The summed E-state index contributed by atoms with van der Waals surface area (Å²) < 4.78 is 31.7. The number of hydrogen-bond acceptors (Lipinski definition) is 5. The van der Waals surface area contributed by atoms with E-state index in [-0.39, 0.29) is 0 Å². The van der Waals surface area contributed by atoms with Crippen LogP contribution in [0.1, 0.15) is 133 Å². The van der Waals surface area contributed by atoms with Crippen LogP contribution in [0, 0.1) is 0 Å². The molecule has 1 rings (SSSR count). The smallest absolute Gasteiger partial charge is 0.320 e. The molecule has 0 aromatic carbocycles. The maximum absolute atomic E-state index is 7.99. The lowest BCUT2D eigenvalue weighted by atomic mass is 10.6. The summed E-state index contributed by atoms with van der Waals surface area (Å²) >= 11 is 0. The molecule has 0 spiro atoms. The van der Waals surface area contributed by atoms with Gasteiger partial charge >= 0.3 is 25.7 Å². The third-order valence-corrected chi connectivity index (χ3v) is 46.3. The highest BCUT2D eigenvalue weighted by Crippen LogP contribution is 2.51. The van der Waals surface area contributed by atoms with Crippen LogP contribution in [0.15, 0.2) is 0 Å². The van der Waals surface area contributed by atoms with Crippen molar-refractivity contribution in [3.63, 3.8) is 0 Å². The maximum Gasteiger partial charge on any atom is 0.320 e. The molecule has 0 aromatic rings. The fourth-order valence-corrected chi connectivity index (χ4v) is 57.8. The van der Waals surface area contributed by atoms with Crippen LogP contribution in [0.4, 0.5) is 0 Å². The first kappa shape index (κ1) is 39.3. The summed E-state index contributed by atoms with van der Waals surface area (Å²) in [5.41, 5.74) is 0. The molecular weight excluding hydrogens is 597 g/mol. The second-order valence-electron chi connectivity index (χ2n) is 12.6. The van der Waals surface area contributed by atoms with Crippen LogP contribution in [0.5, 0.6) is 0 Å². The highest BCUT2D eigenvalue weighted by Gasteiger charge is 2.60. The van der Waals surface area contributed by atoms with Gasteiger partial charge in [0.25, 0.3) is 0 Å². The van der Waals surface area contributed by atoms with Crippen LogP contribution in [-0.4, -0.2) is 40.6 Å². The van der Waals surface area contributed by atoms with Gasteiger partial charge in [-0.15, -0.1) is 0 Å². The van der Waals surface area contributed by atoms with Crippen LogP contribution in [-0.2, 0) is 16.5 Å². The fourth-order valence-electron chi connectivity index (χ4n) is 7.25. The quantitative estimate of drug-likeness (QED) is 0.121. The molecule has 1 saturated heterocycles. The number of hydrogen-bond donors (Lipinski definition) is 0. The third-order valence-electron chi connectivity index (χ3n) is 8.17. The molecule has 1 fully saturated rings. The first-order chi connectivity index (χ1) is 19.1. The van der Waals surface area contributed by atoms with Crippen LogP contribution < -0.4 is 0 Å². The van der Waals surface area contributed by atoms with Gasteiger partial charge in [0.1, 0.15) is 0 Å². The predicted octanol–water partition coefficient (Wildman–Crippen LogP) is 12.1. The van der Waals surface area contributed by atoms with Gasteiger partial charge in [0.05, 0.1) is 0 Å². The summed E-state index contributed by atoms with van der Waals surface area (Å²) in [7, 11) is -9.51. The second kappa shape index (κ2) is 19.6. The molecule has 0 unspecified atom stereocenters. The van der Waals surface area contributed by atoms with Gasteiger partial charge in [0.2, 0.25) is 14.9 Å². The summed E-state index contributed by atoms with van der Waals surface area (Å²) in [5.74, 6) is 0. The minimum atomic E-state index is -2.55. The SMILES string of the molecule is CCC[Si]1(CCC)O[Si](CCC)(CCC)O[Si](CCC)(CCC)S[Si](CCC)(CCC)O[Si](CCC)(CCC)O1. The minimum Gasteiger partial charge on any atom is -0.428 e. The zero-order valence-corrected chi connectivity index (χ0v) is 34.5. The zero-order valence-electron chi connectivity index (χ0n) is 28.7. The van der Waals surface area contributed by atoms with Crippen molar-refractivity contribution < 1.29 is 16.5 Å². The van der Waals surface area contributed by atoms with Crippen molar-refractivity contribution in [3.05, 3.63) is 0 Å². The van der Waals surface area contributed by atoms with Gasteiger partial charge in [-0.25, -0.2) is 0 Å². The molecule has 40 heavy (non-hydrogen) atoms. The molecule has 0 saturated carbocycles. The van der Waals surface area contributed by atoms with E-state index in [1.165, 1.54) is 49.9 Å². The van der Waals surface area contributed by atoms with Gasteiger partial charge in [-0.3, -0.25) is 0 Å². The first-order valence-corrected chi connectivity index (χ1v) is 31.3. The highest BCUT2D eigenvalue weighted by atomic mass is 32.5. The molecule has 0 radical (unpaired) electrons. The van der Waals surface area contributed by atoms with E-state index < -0.39 is 40.6 Å². The lowest BCUT2D eigenvalue weighted by Gasteiger charge is -2.54. The Hall–Kier alpha value is 1.27. The largest absolute Gasteiger partial charge is 0.428 e. The second-order valence-corrected chi connectivity index (χ2v) is 37.1. The maximum atomic E-state index is 7.99. The van der Waals surface area contributed by atoms with Gasteiger partial charge in [-0.05, 0) is 60.4 Å². The zero-order chi connectivity index (χ0) is 30.2. The Morgan fingerprint density at radius 1 is 0.300 bits per heavy atom. The van der Waals surface area contributed by atoms with Crippen molar-refractivity contribution in [3.8, 4) is 0 Å². The topological polar surface area (TPSA) is 36.9 Å². The molecule has 10 heteroatoms. The van der Waals surface area contributed by atoms with Crippen LogP contribution in [0.3, 0.4) is 0 Å². The van der Waals surface area contributed by atoms with Crippen LogP contribution in [0.2, 0.25) is 60.4 Å². The van der Waals surface area contributed by atoms with Gasteiger partial charge in [0, 0.05) is 0 Å². The Morgan fingerprint density at radius 2 is 0.500 bits per heavy atom. The molecule has 0 aromatic heterocycles. The van der Waals surface area contributed by atoms with Gasteiger partial charge < -0.3 is 16.5 Å². The Morgan fingerprint density at radius 3 is 0.700 bits per heavy atom. The Kier molecular flexibility index (Phi) is 19.3. The first-order valence-electron chi connectivity index (χ1n) is 17.6. The van der Waals surface area contributed by atoms with E-state index in [9.17, 15) is 0 Å². The predicted molar refractivity (Wildman–Crippen MR) is 192 cm³/mol. The van der Waals surface area contributed by atoms with E-state index in [2.05, 4.69) is 79.9 Å². The van der Waals surface area contributed by atoms with E-state index in [0.717, 1.165) is 74.8 Å². The van der Waals surface area contributed by atoms with E-state index in [1.54, 1.807) is 0 Å². The standard InChI is InChI=1S/C30H70O4SSi5/c1-11-21-36(22-12-2)31-37(23-13-3,24-14-4)33-39(27-17-7,28-18-8)35-40(29-19-9,30-20-10)34-38(32-36,25-15-5)26-16-6/h11-30H2,1-10H3. The van der Waals surface area contributed by atoms with Crippen LogP contribution in [0.25, 0.3) is 0 Å². The van der Waals surface area contributed by atoms with E-state index in [1.807, 2.05) is 0 Å². The minimum absolute atomic E-state index is 1.09. The van der Waals surface area contributed by atoms with E-state index in [0.29, 0.717) is 0 Å². The molecule has 4 nitrogen and oxygen atoms in total. The lowest BCUT2D eigenvalue weighted by molar-refractivity contribution is 0.266. The van der Waals surface area contributed by atoms with Crippen molar-refractivity contribution in [2.75, 3.05) is 0 Å². The Balaban J connectivity index is 4.18. The molecule has 1 aliphatic heterocycles. The molecular formula is C30H70O4SSi5. The van der Waals surface area contributed by atoms with E-state index >= 15 is 0 Å². The summed E-state index contributed by atoms with van der Waals surface area (Å²) in [4.78, 5) is 0. The summed E-state index contributed by atoms with van der Waals surface area (Å²) in [5, 5.41) is 0. The average Bonchev–Trinajstić information content (AvgIpc) is 2.85. The molecule has 0 bridgehead atoms. The molecule has 1 aliphatic rings. The van der Waals surface area contributed by atoms with Gasteiger partial charge in [-0.1, -0.05) is 133 Å². The van der Waals surface area contributed by atoms with E-state index in [4.69, 9.17) is 16.5 Å². The number of rotatable bonds is 20. The van der Waals surface area contributed by atoms with Crippen molar-refractivity contribution in [1.29, 1.82) is 0 Å². The highest BCUT2D eigenvalue weighted by molar-refractivity contribution is 8.49. The third kappa shape index (κ3) is 11.3.